The van der Waals surface area contributed by atoms with Crippen molar-refractivity contribution in [3.05, 3.63) is 54.2 Å². The molecule has 1 aromatic heterocycles. The number of carbonyl (C=O) groups is 2. The first kappa shape index (κ1) is 19.8. The fourth-order valence-electron chi connectivity index (χ4n) is 3.86. The Balaban J connectivity index is 1.40. The third-order valence-corrected chi connectivity index (χ3v) is 5.54. The number of anilines is 2. The van der Waals surface area contributed by atoms with E-state index in [1.54, 1.807) is 0 Å². The highest BCUT2D eigenvalue weighted by Gasteiger charge is 2.23. The second-order valence-electron chi connectivity index (χ2n) is 7.53. The first-order chi connectivity index (χ1) is 14.5. The molecular weight excluding hydrogens is 380 g/mol. The molecule has 1 saturated heterocycles. The molecule has 0 radical (unpaired) electrons. The first-order valence-electron chi connectivity index (χ1n) is 10.2. The number of hydrogen-bond acceptors (Lipinski definition) is 4. The number of nitrogens with zero attached hydrogens (tertiary/aromatic N) is 1. The largest absolute Gasteiger partial charge is 0.494 e. The molecule has 2 heterocycles. The highest BCUT2D eigenvalue weighted by Crippen LogP contribution is 2.25. The number of hydrogen-bond donors (Lipinski definition) is 3. The molecule has 0 atom stereocenters. The predicted molar refractivity (Wildman–Crippen MR) is 118 cm³/mol. The van der Waals surface area contributed by atoms with E-state index in [1.807, 2.05) is 55.5 Å². The van der Waals surface area contributed by atoms with E-state index in [0.717, 1.165) is 54.0 Å². The lowest BCUT2D eigenvalue weighted by Crippen LogP contribution is -2.38. The van der Waals surface area contributed by atoms with Gasteiger partial charge in [0, 0.05) is 47.4 Å². The molecule has 0 unspecified atom stereocenters. The van der Waals surface area contributed by atoms with Crippen LogP contribution in [0.1, 0.15) is 30.3 Å². The van der Waals surface area contributed by atoms with E-state index < -0.39 is 0 Å². The molecule has 4 N–H and O–H groups in total. The molecule has 1 fully saturated rings. The van der Waals surface area contributed by atoms with Gasteiger partial charge < -0.3 is 25.7 Å². The lowest BCUT2D eigenvalue weighted by atomic mass is 9.96. The van der Waals surface area contributed by atoms with Crippen molar-refractivity contribution in [2.45, 2.75) is 19.8 Å². The van der Waals surface area contributed by atoms with Crippen LogP contribution in [0.4, 0.5) is 11.4 Å². The van der Waals surface area contributed by atoms with Gasteiger partial charge in [0.1, 0.15) is 11.4 Å². The Labute approximate surface area is 175 Å². The van der Waals surface area contributed by atoms with E-state index in [4.69, 9.17) is 10.5 Å². The van der Waals surface area contributed by atoms with Crippen molar-refractivity contribution < 1.29 is 14.3 Å². The zero-order valence-electron chi connectivity index (χ0n) is 17.0. The summed E-state index contributed by atoms with van der Waals surface area (Å²) in [6.45, 7) is 4.14. The number of benzene rings is 2. The summed E-state index contributed by atoms with van der Waals surface area (Å²) < 4.78 is 5.51. The van der Waals surface area contributed by atoms with E-state index in [1.165, 1.54) is 0 Å². The van der Waals surface area contributed by atoms with Crippen LogP contribution in [0.15, 0.2) is 48.5 Å². The molecule has 2 amide bonds. The average molecular weight is 406 g/mol. The van der Waals surface area contributed by atoms with Crippen molar-refractivity contribution in [1.29, 1.82) is 0 Å². The average Bonchev–Trinajstić information content (AvgIpc) is 3.18. The van der Waals surface area contributed by atoms with Crippen molar-refractivity contribution in [3.63, 3.8) is 0 Å². The predicted octanol–water partition coefficient (Wildman–Crippen LogP) is 3.52. The number of amides is 2. The molecule has 3 aromatic rings. The van der Waals surface area contributed by atoms with Crippen molar-refractivity contribution >= 4 is 34.1 Å². The summed E-state index contributed by atoms with van der Waals surface area (Å²) >= 11 is 0. The standard InChI is InChI=1S/C23H26N4O3/c1-2-30-19-8-3-16-13-21(26-20(16)14-19)23(29)25-17-4-6-18(7-5-17)27-11-9-15(10-12-27)22(24)28/h3-8,13-15,26H,2,9-12H2,1H3,(H2,24,28)(H,25,29). The van der Waals surface area contributed by atoms with Crippen LogP contribution in [0.3, 0.4) is 0 Å². The zero-order chi connectivity index (χ0) is 21.1. The van der Waals surface area contributed by atoms with Crippen LogP contribution in [-0.2, 0) is 4.79 Å². The van der Waals surface area contributed by atoms with Gasteiger partial charge in [-0.2, -0.15) is 0 Å². The Morgan fingerprint density at radius 2 is 1.87 bits per heavy atom. The fourth-order valence-corrected chi connectivity index (χ4v) is 3.86. The quantitative estimate of drug-likeness (QED) is 0.583. The van der Waals surface area contributed by atoms with Gasteiger partial charge in [-0.3, -0.25) is 9.59 Å². The van der Waals surface area contributed by atoms with Crippen LogP contribution in [0.5, 0.6) is 5.75 Å². The van der Waals surface area contributed by atoms with Crippen LogP contribution in [0.25, 0.3) is 10.9 Å². The molecule has 7 nitrogen and oxygen atoms in total. The number of nitrogens with two attached hydrogens (primary N) is 1. The van der Waals surface area contributed by atoms with Crippen molar-refractivity contribution in [1.82, 2.24) is 4.98 Å². The van der Waals surface area contributed by atoms with E-state index in [2.05, 4.69) is 15.2 Å². The van der Waals surface area contributed by atoms with Gasteiger partial charge in [0.2, 0.25) is 5.91 Å². The number of fused-ring (bicyclic) bond motifs is 1. The summed E-state index contributed by atoms with van der Waals surface area (Å²) in [5, 5.41) is 3.89. The Bertz CT molecular complexity index is 1050. The van der Waals surface area contributed by atoms with Gasteiger partial charge in [-0.05, 0) is 62.2 Å². The fraction of sp³-hybridized carbons (Fsp3) is 0.304. The normalized spacial score (nSPS) is 14.6. The molecule has 1 aliphatic heterocycles. The topological polar surface area (TPSA) is 100 Å². The van der Waals surface area contributed by atoms with Crippen molar-refractivity contribution in [3.8, 4) is 5.75 Å². The number of rotatable bonds is 6. The molecule has 0 bridgehead atoms. The SMILES string of the molecule is CCOc1ccc2cc(C(=O)Nc3ccc(N4CCC(C(N)=O)CC4)cc3)[nH]c2c1. The van der Waals surface area contributed by atoms with Crippen LogP contribution >= 0.6 is 0 Å². The minimum atomic E-state index is -0.209. The summed E-state index contributed by atoms with van der Waals surface area (Å²) in [7, 11) is 0. The Morgan fingerprint density at radius 1 is 1.13 bits per heavy atom. The lowest BCUT2D eigenvalue weighted by molar-refractivity contribution is -0.122. The number of carbonyl (C=O) groups excluding carboxylic acids is 2. The van der Waals surface area contributed by atoms with E-state index >= 15 is 0 Å². The van der Waals surface area contributed by atoms with Crippen molar-refractivity contribution in [2.24, 2.45) is 11.7 Å². The summed E-state index contributed by atoms with van der Waals surface area (Å²) in [4.78, 5) is 29.4. The van der Waals surface area contributed by atoms with Gasteiger partial charge in [0.25, 0.3) is 5.91 Å². The number of aromatic nitrogens is 1. The van der Waals surface area contributed by atoms with Crippen molar-refractivity contribution in [2.75, 3.05) is 29.9 Å². The van der Waals surface area contributed by atoms with Gasteiger partial charge >= 0.3 is 0 Å². The summed E-state index contributed by atoms with van der Waals surface area (Å²) in [6.07, 6.45) is 1.55. The maximum absolute atomic E-state index is 12.7. The van der Waals surface area contributed by atoms with Crippen LogP contribution < -0.4 is 20.7 Å². The van der Waals surface area contributed by atoms with Crippen LogP contribution in [0.2, 0.25) is 0 Å². The number of piperidine rings is 1. The molecule has 0 spiro atoms. The smallest absolute Gasteiger partial charge is 0.272 e. The number of aromatic amines is 1. The van der Waals surface area contributed by atoms with E-state index in [9.17, 15) is 9.59 Å². The molecule has 0 saturated carbocycles. The van der Waals surface area contributed by atoms with Gasteiger partial charge in [-0.25, -0.2) is 0 Å². The number of H-pyrrole nitrogens is 1. The molecule has 156 valence electrons. The maximum atomic E-state index is 12.7. The lowest BCUT2D eigenvalue weighted by Gasteiger charge is -2.32. The number of nitrogens with one attached hydrogen (secondary N) is 2. The monoisotopic (exact) mass is 406 g/mol. The second kappa shape index (κ2) is 8.49. The number of ether oxygens (including phenoxy) is 1. The molecule has 2 aromatic carbocycles. The third kappa shape index (κ3) is 4.25. The second-order valence-corrected chi connectivity index (χ2v) is 7.53. The molecule has 0 aliphatic carbocycles. The molecule has 1 aliphatic rings. The Kier molecular flexibility index (Phi) is 5.61. The highest BCUT2D eigenvalue weighted by molar-refractivity contribution is 6.06. The van der Waals surface area contributed by atoms with Gasteiger partial charge in [-0.1, -0.05) is 0 Å². The number of primary amides is 1. The Hall–Kier alpha value is -3.48. The van der Waals surface area contributed by atoms with E-state index in [-0.39, 0.29) is 17.7 Å². The zero-order valence-corrected chi connectivity index (χ0v) is 17.0. The highest BCUT2D eigenvalue weighted by atomic mass is 16.5. The van der Waals surface area contributed by atoms with Crippen LogP contribution in [0, 0.1) is 5.92 Å². The summed E-state index contributed by atoms with van der Waals surface area (Å²) in [6, 6.07) is 15.3. The van der Waals surface area contributed by atoms with Gasteiger partial charge in [-0.15, -0.1) is 0 Å². The first-order valence-corrected chi connectivity index (χ1v) is 10.2. The maximum Gasteiger partial charge on any atom is 0.272 e. The van der Waals surface area contributed by atoms with Gasteiger partial charge in [0.05, 0.1) is 6.61 Å². The Morgan fingerprint density at radius 3 is 2.53 bits per heavy atom. The molecule has 7 heteroatoms. The molecular formula is C23H26N4O3. The summed E-state index contributed by atoms with van der Waals surface area (Å²) in [5.74, 6) is 0.341. The minimum Gasteiger partial charge on any atom is -0.494 e. The third-order valence-electron chi connectivity index (χ3n) is 5.54. The summed E-state index contributed by atoms with van der Waals surface area (Å²) in [5.41, 5.74) is 8.56. The molecule has 30 heavy (non-hydrogen) atoms. The minimum absolute atomic E-state index is 0.0271. The van der Waals surface area contributed by atoms with Crippen LogP contribution in [-0.4, -0.2) is 36.5 Å². The van der Waals surface area contributed by atoms with Gasteiger partial charge in [0.15, 0.2) is 0 Å². The molecule has 4 rings (SSSR count). The van der Waals surface area contributed by atoms with E-state index in [0.29, 0.717) is 12.3 Å².